The maximum absolute atomic E-state index is 12.2. The summed E-state index contributed by atoms with van der Waals surface area (Å²) >= 11 is 0. The van der Waals surface area contributed by atoms with Crippen molar-refractivity contribution < 1.29 is 19.1 Å². The summed E-state index contributed by atoms with van der Waals surface area (Å²) in [7, 11) is 0. The molecule has 1 aromatic carbocycles. The Morgan fingerprint density at radius 3 is 2.24 bits per heavy atom. The van der Waals surface area contributed by atoms with Gasteiger partial charge in [-0.05, 0) is 31.9 Å². The van der Waals surface area contributed by atoms with Gasteiger partial charge in [0.15, 0.2) is 0 Å². The van der Waals surface area contributed by atoms with Gasteiger partial charge in [0.2, 0.25) is 5.91 Å². The maximum atomic E-state index is 12.2. The van der Waals surface area contributed by atoms with E-state index in [1.54, 1.807) is 38.1 Å². The normalized spacial score (nSPS) is 14.1. The van der Waals surface area contributed by atoms with Gasteiger partial charge < -0.3 is 15.4 Å². The van der Waals surface area contributed by atoms with Crippen molar-refractivity contribution in [3.05, 3.63) is 35.9 Å². The van der Waals surface area contributed by atoms with E-state index < -0.39 is 12.0 Å². The number of nitrogens with one attached hydrogen (secondary N) is 2. The summed E-state index contributed by atoms with van der Waals surface area (Å²) in [5.74, 6) is -0.979. The molecule has 1 rings (SSSR count). The smallest absolute Gasteiger partial charge is 0.328 e. The van der Waals surface area contributed by atoms with Crippen LogP contribution >= 0.6 is 0 Å². The summed E-state index contributed by atoms with van der Waals surface area (Å²) in [6.45, 7) is 7.59. The Morgan fingerprint density at radius 1 is 1.04 bits per heavy atom. The molecule has 0 aliphatic rings. The van der Waals surface area contributed by atoms with Gasteiger partial charge in [-0.15, -0.1) is 0 Å². The second kappa shape index (κ2) is 10.5. The number of hydrogen-bond acceptors (Lipinski definition) is 4. The third kappa shape index (κ3) is 6.95. The molecule has 0 saturated carbocycles. The predicted octanol–water partition coefficient (Wildman–Crippen LogP) is 2.29. The number of hydrogen-bond donors (Lipinski definition) is 2. The van der Waals surface area contributed by atoms with E-state index in [0.29, 0.717) is 5.56 Å². The van der Waals surface area contributed by atoms with Crippen LogP contribution in [-0.2, 0) is 14.3 Å². The molecule has 1 aromatic rings. The van der Waals surface area contributed by atoms with Crippen molar-refractivity contribution in [2.24, 2.45) is 5.92 Å². The highest BCUT2D eigenvalue weighted by Crippen LogP contribution is 2.10. The standard InChI is InChI=1S/C19H28N2O4/c1-5-13(3)17(19(24)25-6-2)21-16(22)12-14(4)20-18(23)15-10-8-7-9-11-15/h7-11,13-14,17H,5-6,12H2,1-4H3,(H,20,23)(H,21,22)/t13-,14+,17-/m1/s1. The van der Waals surface area contributed by atoms with Crippen LogP contribution < -0.4 is 10.6 Å². The van der Waals surface area contributed by atoms with Gasteiger partial charge in [0.1, 0.15) is 6.04 Å². The van der Waals surface area contributed by atoms with Crippen LogP contribution in [0.25, 0.3) is 0 Å². The lowest BCUT2D eigenvalue weighted by atomic mass is 9.99. The molecular formula is C19H28N2O4. The zero-order valence-corrected chi connectivity index (χ0v) is 15.4. The number of ether oxygens (including phenoxy) is 1. The van der Waals surface area contributed by atoms with E-state index >= 15 is 0 Å². The number of rotatable bonds is 9. The van der Waals surface area contributed by atoms with Crippen molar-refractivity contribution in [1.82, 2.24) is 10.6 Å². The average molecular weight is 348 g/mol. The Bertz CT molecular complexity index is 574. The Labute approximate surface area is 149 Å². The minimum absolute atomic E-state index is 0.0304. The number of carbonyl (C=O) groups excluding carboxylic acids is 3. The molecule has 25 heavy (non-hydrogen) atoms. The van der Waals surface area contributed by atoms with Crippen LogP contribution in [0.15, 0.2) is 30.3 Å². The summed E-state index contributed by atoms with van der Waals surface area (Å²) in [4.78, 5) is 36.4. The van der Waals surface area contributed by atoms with E-state index in [1.807, 2.05) is 19.9 Å². The molecule has 0 saturated heterocycles. The number of carbonyl (C=O) groups is 3. The highest BCUT2D eigenvalue weighted by Gasteiger charge is 2.27. The van der Waals surface area contributed by atoms with Gasteiger partial charge >= 0.3 is 5.97 Å². The molecule has 0 radical (unpaired) electrons. The van der Waals surface area contributed by atoms with Gasteiger partial charge in [-0.25, -0.2) is 4.79 Å². The van der Waals surface area contributed by atoms with Gasteiger partial charge in [-0.1, -0.05) is 38.5 Å². The second-order valence-electron chi connectivity index (χ2n) is 6.13. The summed E-state index contributed by atoms with van der Waals surface area (Å²) in [5.41, 5.74) is 0.541. The van der Waals surface area contributed by atoms with Crippen molar-refractivity contribution in [3.8, 4) is 0 Å². The molecule has 6 nitrogen and oxygen atoms in total. The topological polar surface area (TPSA) is 84.5 Å². The number of amides is 2. The molecule has 0 aromatic heterocycles. The minimum Gasteiger partial charge on any atom is -0.464 e. The minimum atomic E-state index is -0.672. The van der Waals surface area contributed by atoms with E-state index in [9.17, 15) is 14.4 Å². The molecule has 138 valence electrons. The molecule has 0 fully saturated rings. The highest BCUT2D eigenvalue weighted by molar-refractivity contribution is 5.94. The van der Waals surface area contributed by atoms with Crippen molar-refractivity contribution in [2.75, 3.05) is 6.61 Å². The van der Waals surface area contributed by atoms with Crippen molar-refractivity contribution in [1.29, 1.82) is 0 Å². The molecule has 2 amide bonds. The Kier molecular flexibility index (Phi) is 8.67. The van der Waals surface area contributed by atoms with Crippen molar-refractivity contribution in [3.63, 3.8) is 0 Å². The van der Waals surface area contributed by atoms with Crippen LogP contribution in [0.5, 0.6) is 0 Å². The zero-order chi connectivity index (χ0) is 18.8. The van der Waals surface area contributed by atoms with Gasteiger partial charge in [-0.2, -0.15) is 0 Å². The first-order valence-corrected chi connectivity index (χ1v) is 8.70. The predicted molar refractivity (Wildman–Crippen MR) is 96.0 cm³/mol. The average Bonchev–Trinajstić information content (AvgIpc) is 2.59. The summed E-state index contributed by atoms with van der Waals surface area (Å²) < 4.78 is 5.03. The monoisotopic (exact) mass is 348 g/mol. The quantitative estimate of drug-likeness (QED) is 0.671. The van der Waals surface area contributed by atoms with Gasteiger partial charge in [0, 0.05) is 18.0 Å². The molecule has 0 aliphatic heterocycles. The SMILES string of the molecule is CCOC(=O)[C@H](NC(=O)C[C@H](C)NC(=O)c1ccccc1)[C@H](C)CC. The van der Waals surface area contributed by atoms with Gasteiger partial charge in [-0.3, -0.25) is 9.59 Å². The third-order valence-electron chi connectivity index (χ3n) is 3.98. The van der Waals surface area contributed by atoms with Crippen LogP contribution in [0.1, 0.15) is 50.9 Å². The van der Waals surface area contributed by atoms with Crippen LogP contribution in [0.4, 0.5) is 0 Å². The molecule has 0 bridgehead atoms. The van der Waals surface area contributed by atoms with Gasteiger partial charge in [0.05, 0.1) is 6.61 Å². The number of esters is 1. The van der Waals surface area contributed by atoms with E-state index in [2.05, 4.69) is 10.6 Å². The second-order valence-corrected chi connectivity index (χ2v) is 6.13. The number of benzene rings is 1. The van der Waals surface area contributed by atoms with E-state index in [-0.39, 0.29) is 36.8 Å². The van der Waals surface area contributed by atoms with Crippen molar-refractivity contribution >= 4 is 17.8 Å². The Balaban J connectivity index is 2.57. The first kappa shape index (κ1) is 20.7. The molecule has 3 atom stereocenters. The van der Waals surface area contributed by atoms with Gasteiger partial charge in [0.25, 0.3) is 5.91 Å². The fourth-order valence-electron chi connectivity index (χ4n) is 2.36. The van der Waals surface area contributed by atoms with Crippen LogP contribution in [-0.4, -0.2) is 36.5 Å². The summed E-state index contributed by atoms with van der Waals surface area (Å²) in [6.07, 6.45) is 0.828. The fourth-order valence-corrected chi connectivity index (χ4v) is 2.36. The van der Waals surface area contributed by atoms with E-state index in [0.717, 1.165) is 6.42 Å². The fraction of sp³-hybridized carbons (Fsp3) is 0.526. The lowest BCUT2D eigenvalue weighted by molar-refractivity contribution is -0.149. The molecule has 0 spiro atoms. The van der Waals surface area contributed by atoms with Crippen LogP contribution in [0.3, 0.4) is 0 Å². The highest BCUT2D eigenvalue weighted by atomic mass is 16.5. The molecule has 0 aliphatic carbocycles. The molecule has 0 unspecified atom stereocenters. The third-order valence-corrected chi connectivity index (χ3v) is 3.98. The summed E-state index contributed by atoms with van der Waals surface area (Å²) in [6, 6.07) is 7.79. The van der Waals surface area contributed by atoms with Crippen LogP contribution in [0.2, 0.25) is 0 Å². The molecule has 0 heterocycles. The zero-order valence-electron chi connectivity index (χ0n) is 15.4. The molecule has 2 N–H and O–H groups in total. The molecular weight excluding hydrogens is 320 g/mol. The van der Waals surface area contributed by atoms with Crippen LogP contribution in [0, 0.1) is 5.92 Å². The Morgan fingerprint density at radius 2 is 1.68 bits per heavy atom. The molecule has 6 heteroatoms. The first-order chi connectivity index (χ1) is 11.9. The maximum Gasteiger partial charge on any atom is 0.328 e. The lowest BCUT2D eigenvalue weighted by Gasteiger charge is -2.23. The van der Waals surface area contributed by atoms with E-state index in [1.165, 1.54) is 0 Å². The largest absolute Gasteiger partial charge is 0.464 e. The lowest BCUT2D eigenvalue weighted by Crippen LogP contribution is -2.47. The first-order valence-electron chi connectivity index (χ1n) is 8.70. The Hall–Kier alpha value is -2.37. The van der Waals surface area contributed by atoms with E-state index in [4.69, 9.17) is 4.74 Å². The van der Waals surface area contributed by atoms with Crippen molar-refractivity contribution in [2.45, 2.75) is 52.6 Å². The summed E-state index contributed by atoms with van der Waals surface area (Å²) in [5, 5.41) is 5.51.